The first-order chi connectivity index (χ1) is 9.58. The molecule has 3 N–H and O–H groups in total. The average Bonchev–Trinajstić information content (AvgIpc) is 2.76. The maximum atomic E-state index is 13.9. The van der Waals surface area contributed by atoms with Gasteiger partial charge in [0.2, 0.25) is 0 Å². The minimum atomic E-state index is -0.561. The van der Waals surface area contributed by atoms with Gasteiger partial charge in [0.05, 0.1) is 11.1 Å². The second-order valence-corrected chi connectivity index (χ2v) is 4.74. The maximum absolute atomic E-state index is 13.9. The van der Waals surface area contributed by atoms with Crippen molar-refractivity contribution in [1.29, 1.82) is 0 Å². The van der Waals surface area contributed by atoms with Crippen LogP contribution in [0, 0.1) is 12.7 Å². The number of nitrogens with two attached hydrogens (primary N) is 1. The molecular weight excluding hydrogens is 255 g/mol. The van der Waals surface area contributed by atoms with E-state index in [0.29, 0.717) is 11.3 Å². The lowest BCUT2D eigenvalue weighted by Crippen LogP contribution is -2.06. The van der Waals surface area contributed by atoms with E-state index in [1.807, 2.05) is 24.3 Å². The molecule has 0 aliphatic carbocycles. The van der Waals surface area contributed by atoms with Crippen molar-refractivity contribution in [3.63, 3.8) is 0 Å². The number of nitrogen functional groups attached to an aromatic ring is 1. The molecule has 1 aromatic heterocycles. The molecule has 2 aromatic carbocycles. The molecule has 4 heteroatoms. The van der Waals surface area contributed by atoms with Crippen LogP contribution in [0.1, 0.15) is 21.6 Å². The maximum Gasteiger partial charge on any atom is 0.198 e. The number of aromatic nitrogens is 1. The number of para-hydroxylation sites is 1. The van der Waals surface area contributed by atoms with Crippen LogP contribution in [0.4, 0.5) is 10.1 Å². The van der Waals surface area contributed by atoms with Crippen molar-refractivity contribution in [2.24, 2.45) is 0 Å². The second kappa shape index (κ2) is 4.49. The summed E-state index contributed by atoms with van der Waals surface area (Å²) in [6, 6.07) is 11.5. The number of hydrogen-bond acceptors (Lipinski definition) is 2. The summed E-state index contributed by atoms with van der Waals surface area (Å²) in [6.45, 7) is 1.80. The fraction of sp³-hybridized carbons (Fsp3) is 0.0625. The molecule has 3 rings (SSSR count). The number of rotatable bonds is 2. The van der Waals surface area contributed by atoms with E-state index in [2.05, 4.69) is 4.98 Å². The number of carbonyl (C=O) groups excluding carboxylic acids is 1. The number of halogens is 1. The lowest BCUT2D eigenvalue weighted by atomic mass is 9.99. The van der Waals surface area contributed by atoms with Gasteiger partial charge in [-0.05, 0) is 31.2 Å². The number of anilines is 1. The van der Waals surface area contributed by atoms with E-state index in [4.69, 9.17) is 5.73 Å². The topological polar surface area (TPSA) is 58.9 Å². The van der Waals surface area contributed by atoms with E-state index in [-0.39, 0.29) is 11.3 Å². The molecule has 0 fully saturated rings. The molecule has 0 saturated carbocycles. The number of hydrogen-bond donors (Lipinski definition) is 2. The van der Waals surface area contributed by atoms with E-state index in [1.54, 1.807) is 6.92 Å². The quantitative estimate of drug-likeness (QED) is 0.552. The van der Waals surface area contributed by atoms with Crippen molar-refractivity contribution in [1.82, 2.24) is 4.98 Å². The normalized spacial score (nSPS) is 10.9. The zero-order chi connectivity index (χ0) is 14.3. The number of aryl methyl sites for hydroxylation is 1. The summed E-state index contributed by atoms with van der Waals surface area (Å²) < 4.78 is 13.9. The Morgan fingerprint density at radius 1 is 1.20 bits per heavy atom. The van der Waals surface area contributed by atoms with E-state index >= 15 is 0 Å². The fourth-order valence-electron chi connectivity index (χ4n) is 2.42. The Bertz CT molecular complexity index is 820. The van der Waals surface area contributed by atoms with Crippen LogP contribution in [0.25, 0.3) is 10.9 Å². The molecule has 3 aromatic rings. The van der Waals surface area contributed by atoms with Crippen LogP contribution in [-0.2, 0) is 0 Å². The Kier molecular flexibility index (Phi) is 2.79. The zero-order valence-electron chi connectivity index (χ0n) is 10.9. The molecule has 0 amide bonds. The standard InChI is InChI=1S/C16H13FN2O/c1-9-15(11-4-2-3-5-14(11)19-9)16(20)12-8-10(18)6-7-13(12)17/h2-8,19H,18H2,1H3. The van der Waals surface area contributed by atoms with Crippen LogP contribution < -0.4 is 5.73 Å². The first-order valence-electron chi connectivity index (χ1n) is 6.25. The number of ketones is 1. The number of benzene rings is 2. The number of carbonyl (C=O) groups is 1. The van der Waals surface area contributed by atoms with Gasteiger partial charge in [0.15, 0.2) is 5.78 Å². The average molecular weight is 268 g/mol. The summed E-state index contributed by atoms with van der Waals surface area (Å²) in [5, 5.41) is 0.789. The molecule has 0 aliphatic rings. The third kappa shape index (κ3) is 1.86. The predicted molar refractivity (Wildman–Crippen MR) is 77.3 cm³/mol. The fourth-order valence-corrected chi connectivity index (χ4v) is 2.42. The molecule has 0 saturated heterocycles. The SMILES string of the molecule is Cc1[nH]c2ccccc2c1C(=O)c1cc(N)ccc1F. The Morgan fingerprint density at radius 3 is 2.75 bits per heavy atom. The molecule has 100 valence electrons. The third-order valence-corrected chi connectivity index (χ3v) is 3.36. The molecule has 0 atom stereocenters. The zero-order valence-corrected chi connectivity index (χ0v) is 10.9. The second-order valence-electron chi connectivity index (χ2n) is 4.74. The highest BCUT2D eigenvalue weighted by Gasteiger charge is 2.20. The van der Waals surface area contributed by atoms with Gasteiger partial charge in [-0.1, -0.05) is 18.2 Å². The van der Waals surface area contributed by atoms with E-state index < -0.39 is 5.82 Å². The summed E-state index contributed by atoms with van der Waals surface area (Å²) >= 11 is 0. The van der Waals surface area contributed by atoms with Gasteiger partial charge in [-0.2, -0.15) is 0 Å². The third-order valence-electron chi connectivity index (χ3n) is 3.36. The smallest absolute Gasteiger partial charge is 0.198 e. The van der Waals surface area contributed by atoms with E-state index in [1.165, 1.54) is 18.2 Å². The van der Waals surface area contributed by atoms with Crippen molar-refractivity contribution in [3.8, 4) is 0 Å². The number of fused-ring (bicyclic) bond motifs is 1. The van der Waals surface area contributed by atoms with Gasteiger partial charge in [0, 0.05) is 22.3 Å². The highest BCUT2D eigenvalue weighted by atomic mass is 19.1. The summed E-state index contributed by atoms with van der Waals surface area (Å²) in [5.74, 6) is -0.918. The van der Waals surface area contributed by atoms with Crippen LogP contribution in [0.15, 0.2) is 42.5 Å². The molecule has 0 bridgehead atoms. The van der Waals surface area contributed by atoms with Crippen molar-refractivity contribution >= 4 is 22.4 Å². The summed E-state index contributed by atoms with van der Waals surface area (Å²) in [6.07, 6.45) is 0. The summed E-state index contributed by atoms with van der Waals surface area (Å²) in [5.41, 5.74) is 8.08. The van der Waals surface area contributed by atoms with Gasteiger partial charge in [-0.25, -0.2) is 4.39 Å². The van der Waals surface area contributed by atoms with Crippen molar-refractivity contribution < 1.29 is 9.18 Å². The Morgan fingerprint density at radius 2 is 1.95 bits per heavy atom. The first-order valence-corrected chi connectivity index (χ1v) is 6.25. The lowest BCUT2D eigenvalue weighted by Gasteiger charge is -2.04. The van der Waals surface area contributed by atoms with Crippen LogP contribution in [-0.4, -0.2) is 10.8 Å². The van der Waals surface area contributed by atoms with Gasteiger partial charge in [-0.3, -0.25) is 4.79 Å². The van der Waals surface area contributed by atoms with Crippen molar-refractivity contribution in [2.75, 3.05) is 5.73 Å². The number of nitrogens with one attached hydrogen (secondary N) is 1. The number of H-pyrrole nitrogens is 1. The van der Waals surface area contributed by atoms with Crippen LogP contribution in [0.2, 0.25) is 0 Å². The highest BCUT2D eigenvalue weighted by Crippen LogP contribution is 2.26. The van der Waals surface area contributed by atoms with E-state index in [9.17, 15) is 9.18 Å². The van der Waals surface area contributed by atoms with Gasteiger partial charge < -0.3 is 10.7 Å². The van der Waals surface area contributed by atoms with Gasteiger partial charge in [0.25, 0.3) is 0 Å². The van der Waals surface area contributed by atoms with Crippen LogP contribution in [0.3, 0.4) is 0 Å². The Hall–Kier alpha value is -2.62. The molecule has 0 unspecified atom stereocenters. The molecular formula is C16H13FN2O. The highest BCUT2D eigenvalue weighted by molar-refractivity contribution is 6.17. The van der Waals surface area contributed by atoms with Gasteiger partial charge in [-0.15, -0.1) is 0 Å². The molecule has 1 heterocycles. The first kappa shape index (κ1) is 12.4. The minimum Gasteiger partial charge on any atom is -0.399 e. The molecule has 0 radical (unpaired) electrons. The summed E-state index contributed by atoms with van der Waals surface area (Å²) in [7, 11) is 0. The summed E-state index contributed by atoms with van der Waals surface area (Å²) in [4.78, 5) is 15.7. The molecule has 0 spiro atoms. The van der Waals surface area contributed by atoms with E-state index in [0.717, 1.165) is 16.6 Å². The monoisotopic (exact) mass is 268 g/mol. The van der Waals surface area contributed by atoms with Crippen LogP contribution >= 0.6 is 0 Å². The predicted octanol–water partition coefficient (Wildman–Crippen LogP) is 3.43. The van der Waals surface area contributed by atoms with Crippen LogP contribution in [0.5, 0.6) is 0 Å². The molecule has 0 aliphatic heterocycles. The van der Waals surface area contributed by atoms with Crippen molar-refractivity contribution in [3.05, 3.63) is 65.1 Å². The van der Waals surface area contributed by atoms with Gasteiger partial charge >= 0.3 is 0 Å². The minimum absolute atomic E-state index is 0.00199. The number of aromatic amines is 1. The Balaban J connectivity index is 2.22. The largest absolute Gasteiger partial charge is 0.399 e. The van der Waals surface area contributed by atoms with Gasteiger partial charge in [0.1, 0.15) is 5.82 Å². The van der Waals surface area contributed by atoms with Crippen molar-refractivity contribution in [2.45, 2.75) is 6.92 Å². The molecule has 3 nitrogen and oxygen atoms in total. The Labute approximate surface area is 115 Å². The molecule has 20 heavy (non-hydrogen) atoms. The lowest BCUT2D eigenvalue weighted by molar-refractivity contribution is 0.103.